The number of hydrogen-bond acceptors (Lipinski definition) is 3. The Kier molecular flexibility index (Phi) is 4.46. The van der Waals surface area contributed by atoms with E-state index in [0.717, 1.165) is 11.1 Å². The lowest BCUT2D eigenvalue weighted by Crippen LogP contribution is -2.31. The summed E-state index contributed by atoms with van der Waals surface area (Å²) in [4.78, 5) is 0. The molecule has 0 aliphatic carbocycles. The van der Waals surface area contributed by atoms with E-state index >= 15 is 0 Å². The largest absolute Gasteiger partial charge is 0.329 e. The Morgan fingerprint density at radius 2 is 2.06 bits per heavy atom. The minimum absolute atomic E-state index is 0.00465. The number of hydrogen-bond donors (Lipinski definition) is 1. The van der Waals surface area contributed by atoms with Gasteiger partial charge in [-0.05, 0) is 12.5 Å². The standard InChI is InChI=1S/C11H18N2O2S/c1-10-4-3-5-11(8-10)9-13(2)16(14,15)7-6-12/h3-5,8H,6-7,9,12H2,1-2H3. The van der Waals surface area contributed by atoms with E-state index < -0.39 is 10.0 Å². The third-order valence-corrected chi connectivity index (χ3v) is 4.17. The van der Waals surface area contributed by atoms with Gasteiger partial charge in [0.1, 0.15) is 0 Å². The van der Waals surface area contributed by atoms with Gasteiger partial charge in [-0.25, -0.2) is 12.7 Å². The second kappa shape index (κ2) is 5.43. The second-order valence-electron chi connectivity index (χ2n) is 3.85. The molecule has 0 radical (unpaired) electrons. The fourth-order valence-corrected chi connectivity index (χ4v) is 2.43. The van der Waals surface area contributed by atoms with Crippen LogP contribution in [0, 0.1) is 6.92 Å². The van der Waals surface area contributed by atoms with Crippen molar-refractivity contribution in [1.82, 2.24) is 4.31 Å². The Morgan fingerprint density at radius 3 is 2.62 bits per heavy atom. The normalized spacial score (nSPS) is 12.0. The molecule has 1 aromatic carbocycles. The molecule has 0 saturated heterocycles. The van der Waals surface area contributed by atoms with E-state index in [1.165, 1.54) is 4.31 Å². The summed E-state index contributed by atoms with van der Waals surface area (Å²) in [6.07, 6.45) is 0. The minimum atomic E-state index is -3.21. The predicted octanol–water partition coefficient (Wildman–Crippen LogP) is 0.715. The van der Waals surface area contributed by atoms with Crippen molar-refractivity contribution in [2.24, 2.45) is 5.73 Å². The molecule has 1 aromatic rings. The summed E-state index contributed by atoms with van der Waals surface area (Å²) < 4.78 is 24.7. The number of benzene rings is 1. The highest BCUT2D eigenvalue weighted by atomic mass is 32.2. The van der Waals surface area contributed by atoms with Gasteiger partial charge in [0.25, 0.3) is 0 Å². The van der Waals surface area contributed by atoms with Crippen LogP contribution in [0.25, 0.3) is 0 Å². The molecule has 0 aromatic heterocycles. The molecule has 1 rings (SSSR count). The van der Waals surface area contributed by atoms with Crippen LogP contribution in [0.5, 0.6) is 0 Å². The molecule has 0 aliphatic heterocycles. The molecule has 0 unspecified atom stereocenters. The molecular weight excluding hydrogens is 224 g/mol. The summed E-state index contributed by atoms with van der Waals surface area (Å²) >= 11 is 0. The van der Waals surface area contributed by atoms with Crippen LogP contribution in [0.1, 0.15) is 11.1 Å². The molecule has 0 bridgehead atoms. The van der Waals surface area contributed by atoms with E-state index in [9.17, 15) is 8.42 Å². The van der Waals surface area contributed by atoms with Gasteiger partial charge in [-0.2, -0.15) is 0 Å². The van der Waals surface area contributed by atoms with Gasteiger partial charge in [0.2, 0.25) is 10.0 Å². The number of rotatable bonds is 5. The van der Waals surface area contributed by atoms with Crippen LogP contribution in [0.3, 0.4) is 0 Å². The zero-order valence-corrected chi connectivity index (χ0v) is 10.5. The second-order valence-corrected chi connectivity index (χ2v) is 6.05. The first-order valence-electron chi connectivity index (χ1n) is 5.15. The van der Waals surface area contributed by atoms with Crippen molar-refractivity contribution in [2.75, 3.05) is 19.3 Å². The van der Waals surface area contributed by atoms with Crippen molar-refractivity contribution in [3.63, 3.8) is 0 Å². The van der Waals surface area contributed by atoms with Gasteiger partial charge in [0.15, 0.2) is 0 Å². The summed E-state index contributed by atoms with van der Waals surface area (Å²) in [5, 5.41) is 0. The first-order valence-corrected chi connectivity index (χ1v) is 6.76. The number of nitrogens with zero attached hydrogens (tertiary/aromatic N) is 1. The monoisotopic (exact) mass is 242 g/mol. The zero-order valence-electron chi connectivity index (χ0n) is 9.68. The summed E-state index contributed by atoms with van der Waals surface area (Å²) in [7, 11) is -1.64. The highest BCUT2D eigenvalue weighted by molar-refractivity contribution is 7.89. The highest BCUT2D eigenvalue weighted by Gasteiger charge is 2.16. The van der Waals surface area contributed by atoms with Crippen LogP contribution < -0.4 is 5.73 Å². The average molecular weight is 242 g/mol. The lowest BCUT2D eigenvalue weighted by atomic mass is 10.1. The van der Waals surface area contributed by atoms with Gasteiger partial charge in [-0.1, -0.05) is 29.8 Å². The lowest BCUT2D eigenvalue weighted by molar-refractivity contribution is 0.467. The first-order chi connectivity index (χ1) is 7.45. The van der Waals surface area contributed by atoms with Crippen LogP contribution in [0.15, 0.2) is 24.3 Å². The molecular formula is C11H18N2O2S. The smallest absolute Gasteiger partial charge is 0.215 e. The van der Waals surface area contributed by atoms with Crippen LogP contribution in [0.4, 0.5) is 0 Å². The van der Waals surface area contributed by atoms with Gasteiger partial charge in [-0.15, -0.1) is 0 Å². The Hall–Kier alpha value is -0.910. The maximum Gasteiger partial charge on any atom is 0.215 e. The van der Waals surface area contributed by atoms with Crippen molar-refractivity contribution in [2.45, 2.75) is 13.5 Å². The number of sulfonamides is 1. The Morgan fingerprint density at radius 1 is 1.38 bits per heavy atom. The minimum Gasteiger partial charge on any atom is -0.329 e. The molecule has 90 valence electrons. The molecule has 0 heterocycles. The van der Waals surface area contributed by atoms with Crippen LogP contribution in [-0.2, 0) is 16.6 Å². The van der Waals surface area contributed by atoms with Gasteiger partial charge in [0.05, 0.1) is 5.75 Å². The van der Waals surface area contributed by atoms with Crippen molar-refractivity contribution < 1.29 is 8.42 Å². The molecule has 0 aliphatic rings. The summed E-state index contributed by atoms with van der Waals surface area (Å²) in [6.45, 7) is 2.53. The Balaban J connectivity index is 2.75. The average Bonchev–Trinajstić information content (AvgIpc) is 2.17. The van der Waals surface area contributed by atoms with Crippen LogP contribution in [0.2, 0.25) is 0 Å². The van der Waals surface area contributed by atoms with Crippen LogP contribution in [-0.4, -0.2) is 32.1 Å². The quantitative estimate of drug-likeness (QED) is 0.827. The van der Waals surface area contributed by atoms with Gasteiger partial charge in [-0.3, -0.25) is 0 Å². The third kappa shape index (κ3) is 3.59. The third-order valence-electron chi connectivity index (χ3n) is 2.34. The van der Waals surface area contributed by atoms with E-state index in [-0.39, 0.29) is 12.3 Å². The fraction of sp³-hybridized carbons (Fsp3) is 0.455. The molecule has 0 spiro atoms. The van der Waals surface area contributed by atoms with Gasteiger partial charge >= 0.3 is 0 Å². The van der Waals surface area contributed by atoms with Crippen molar-refractivity contribution in [3.8, 4) is 0 Å². The molecule has 0 amide bonds. The van der Waals surface area contributed by atoms with E-state index in [2.05, 4.69) is 0 Å². The number of nitrogens with two attached hydrogens (primary N) is 1. The Bertz CT molecular complexity index is 443. The van der Waals surface area contributed by atoms with Crippen molar-refractivity contribution in [3.05, 3.63) is 35.4 Å². The van der Waals surface area contributed by atoms with E-state index in [0.29, 0.717) is 6.54 Å². The molecule has 16 heavy (non-hydrogen) atoms. The van der Waals surface area contributed by atoms with Gasteiger partial charge in [0, 0.05) is 20.1 Å². The van der Waals surface area contributed by atoms with Crippen molar-refractivity contribution >= 4 is 10.0 Å². The van der Waals surface area contributed by atoms with E-state index in [1.54, 1.807) is 7.05 Å². The summed E-state index contributed by atoms with van der Waals surface area (Å²) in [6, 6.07) is 7.81. The maximum atomic E-state index is 11.7. The topological polar surface area (TPSA) is 63.4 Å². The van der Waals surface area contributed by atoms with Gasteiger partial charge < -0.3 is 5.73 Å². The lowest BCUT2D eigenvalue weighted by Gasteiger charge is -2.16. The molecule has 2 N–H and O–H groups in total. The molecule has 5 heteroatoms. The zero-order chi connectivity index (χ0) is 12.2. The number of aryl methyl sites for hydroxylation is 1. The van der Waals surface area contributed by atoms with Crippen molar-refractivity contribution in [1.29, 1.82) is 0 Å². The molecule has 4 nitrogen and oxygen atoms in total. The maximum absolute atomic E-state index is 11.7. The first kappa shape index (κ1) is 13.2. The Labute approximate surface area is 97.1 Å². The molecule has 0 fully saturated rings. The summed E-state index contributed by atoms with van der Waals surface area (Å²) in [5.41, 5.74) is 7.38. The highest BCUT2D eigenvalue weighted by Crippen LogP contribution is 2.09. The molecule has 0 atom stereocenters. The summed E-state index contributed by atoms with van der Waals surface area (Å²) in [5.74, 6) is -0.00465. The van der Waals surface area contributed by atoms with E-state index in [1.807, 2.05) is 31.2 Å². The fourth-order valence-electron chi connectivity index (χ4n) is 1.47. The predicted molar refractivity (Wildman–Crippen MR) is 65.5 cm³/mol. The molecule has 0 saturated carbocycles. The van der Waals surface area contributed by atoms with E-state index in [4.69, 9.17) is 5.73 Å². The SMILES string of the molecule is Cc1cccc(CN(C)S(=O)(=O)CCN)c1. The van der Waals surface area contributed by atoms with Crippen LogP contribution >= 0.6 is 0 Å².